The Morgan fingerprint density at radius 2 is 1.00 bits per heavy atom. The molecule has 314 valence electrons. The number of carbonyl (C=O) groups is 1. The fourth-order valence-electron chi connectivity index (χ4n) is 6.10. The van der Waals surface area contributed by atoms with Gasteiger partial charge in [-0.1, -0.05) is 161 Å². The maximum atomic E-state index is 12.7. The quantitative estimate of drug-likeness (QED) is 0.0165. The zero-order valence-corrected chi connectivity index (χ0v) is 36.4. The standard InChI is InChI=1S/C44H86NO7P/c1-6-8-10-12-14-16-18-20-22-23-24-25-27-29-31-33-35-37-44(46)52-43(42-51-53(47,48)50-40-38-45(3,4)5)41-49-39-36-34-32-30-28-26-21-19-17-15-13-11-9-7-2/h20,22,36,39,43H,6-19,21,23-35,37-38,40-42H2,1-5H3/p+1/b22-20-,39-36-/t43-/m1/s1. The van der Waals surface area contributed by atoms with Crippen molar-refractivity contribution in [3.63, 3.8) is 0 Å². The lowest BCUT2D eigenvalue weighted by Crippen LogP contribution is -2.37. The minimum absolute atomic E-state index is 0.0494. The second kappa shape index (κ2) is 37.7. The van der Waals surface area contributed by atoms with Gasteiger partial charge in [0.2, 0.25) is 0 Å². The van der Waals surface area contributed by atoms with Crippen molar-refractivity contribution >= 4 is 13.8 Å². The van der Waals surface area contributed by atoms with Gasteiger partial charge in [0.15, 0.2) is 6.10 Å². The molecule has 0 amide bonds. The average molecular weight is 773 g/mol. The van der Waals surface area contributed by atoms with Gasteiger partial charge < -0.3 is 18.9 Å². The van der Waals surface area contributed by atoms with Crippen LogP contribution in [0, 0.1) is 0 Å². The van der Waals surface area contributed by atoms with Gasteiger partial charge in [0.1, 0.15) is 19.8 Å². The lowest BCUT2D eigenvalue weighted by atomic mass is 10.0. The summed E-state index contributed by atoms with van der Waals surface area (Å²) in [7, 11) is 1.64. The molecule has 0 fully saturated rings. The summed E-state index contributed by atoms with van der Waals surface area (Å²) in [6.07, 6.45) is 43.0. The number of carbonyl (C=O) groups excluding carboxylic acids is 1. The molecule has 8 nitrogen and oxygen atoms in total. The van der Waals surface area contributed by atoms with E-state index in [1.807, 2.05) is 27.2 Å². The first-order valence-corrected chi connectivity index (χ1v) is 23.6. The van der Waals surface area contributed by atoms with Gasteiger partial charge in [-0.3, -0.25) is 13.8 Å². The second-order valence-electron chi connectivity index (χ2n) is 16.1. The van der Waals surface area contributed by atoms with Crippen LogP contribution in [0.5, 0.6) is 0 Å². The number of likely N-dealkylation sites (N-methyl/N-ethyl adjacent to an activating group) is 1. The SMILES string of the molecule is CCCCCCCC/C=C\CCCCCCCCCC(=O)O[C@H](CO/C=C\CCCCCCCCCCCCCC)COP(=O)(O)OCC[N+](C)(C)C. The van der Waals surface area contributed by atoms with Gasteiger partial charge in [-0.2, -0.15) is 0 Å². The average Bonchev–Trinajstić information content (AvgIpc) is 3.11. The van der Waals surface area contributed by atoms with Crippen LogP contribution in [0.25, 0.3) is 0 Å². The van der Waals surface area contributed by atoms with Gasteiger partial charge in [0, 0.05) is 6.42 Å². The van der Waals surface area contributed by atoms with Crippen LogP contribution in [-0.2, 0) is 27.9 Å². The molecular formula is C44H87NO7P+. The van der Waals surface area contributed by atoms with E-state index in [2.05, 4.69) is 26.0 Å². The van der Waals surface area contributed by atoms with Gasteiger partial charge in [-0.05, 0) is 51.0 Å². The van der Waals surface area contributed by atoms with Crippen molar-refractivity contribution in [2.24, 2.45) is 0 Å². The molecule has 1 N–H and O–H groups in total. The highest BCUT2D eigenvalue weighted by atomic mass is 31.2. The molecule has 0 spiro atoms. The molecule has 0 aromatic carbocycles. The monoisotopic (exact) mass is 773 g/mol. The van der Waals surface area contributed by atoms with E-state index in [0.717, 1.165) is 32.1 Å². The molecule has 0 aromatic rings. The van der Waals surface area contributed by atoms with Crippen LogP contribution >= 0.6 is 7.82 Å². The van der Waals surface area contributed by atoms with Crippen LogP contribution in [0.3, 0.4) is 0 Å². The number of allylic oxidation sites excluding steroid dienone is 3. The molecule has 0 heterocycles. The summed E-state index contributed by atoms with van der Waals surface area (Å²) in [6.45, 7) is 4.94. The Balaban J connectivity index is 4.27. The van der Waals surface area contributed by atoms with Crippen LogP contribution in [0.1, 0.15) is 200 Å². The molecule has 0 saturated carbocycles. The van der Waals surface area contributed by atoms with Crippen molar-refractivity contribution in [3.8, 4) is 0 Å². The molecule has 0 saturated heterocycles. The number of phosphoric ester groups is 1. The molecule has 9 heteroatoms. The van der Waals surface area contributed by atoms with E-state index in [-0.39, 0.29) is 25.8 Å². The first-order chi connectivity index (χ1) is 25.6. The Labute approximate surface area is 328 Å². The molecular weight excluding hydrogens is 685 g/mol. The summed E-state index contributed by atoms with van der Waals surface area (Å²) in [5.41, 5.74) is 0. The Bertz CT molecular complexity index is 905. The molecule has 0 aliphatic carbocycles. The first-order valence-electron chi connectivity index (χ1n) is 22.1. The van der Waals surface area contributed by atoms with Crippen LogP contribution in [0.2, 0.25) is 0 Å². The van der Waals surface area contributed by atoms with Crippen molar-refractivity contribution in [1.82, 2.24) is 0 Å². The van der Waals surface area contributed by atoms with E-state index in [9.17, 15) is 14.3 Å². The summed E-state index contributed by atoms with van der Waals surface area (Å²) >= 11 is 0. The summed E-state index contributed by atoms with van der Waals surface area (Å²) in [4.78, 5) is 22.8. The highest BCUT2D eigenvalue weighted by molar-refractivity contribution is 7.47. The molecule has 2 atom stereocenters. The first kappa shape index (κ1) is 51.8. The molecule has 0 rings (SSSR count). The fourth-order valence-corrected chi connectivity index (χ4v) is 6.84. The van der Waals surface area contributed by atoms with Gasteiger partial charge in [-0.25, -0.2) is 4.57 Å². The molecule has 0 aliphatic rings. The largest absolute Gasteiger partial charge is 0.498 e. The van der Waals surface area contributed by atoms with Crippen molar-refractivity contribution in [3.05, 3.63) is 24.5 Å². The van der Waals surface area contributed by atoms with E-state index < -0.39 is 13.9 Å². The molecule has 0 aliphatic heterocycles. The number of nitrogens with zero attached hydrogens (tertiary/aromatic N) is 1. The Morgan fingerprint density at radius 1 is 0.585 bits per heavy atom. The van der Waals surface area contributed by atoms with Crippen molar-refractivity contribution < 1.29 is 37.3 Å². The highest BCUT2D eigenvalue weighted by Gasteiger charge is 2.26. The summed E-state index contributed by atoms with van der Waals surface area (Å²) in [5.74, 6) is -0.339. The summed E-state index contributed by atoms with van der Waals surface area (Å²) in [5, 5.41) is 0. The molecule has 0 radical (unpaired) electrons. The minimum Gasteiger partial charge on any atom is -0.498 e. The smallest absolute Gasteiger partial charge is 0.472 e. The molecule has 0 bridgehead atoms. The van der Waals surface area contributed by atoms with Gasteiger partial charge >= 0.3 is 13.8 Å². The maximum Gasteiger partial charge on any atom is 0.472 e. The second-order valence-corrected chi connectivity index (χ2v) is 17.6. The Hall–Kier alpha value is -1.18. The fraction of sp³-hybridized carbons (Fsp3) is 0.886. The highest BCUT2D eigenvalue weighted by Crippen LogP contribution is 2.43. The zero-order valence-electron chi connectivity index (χ0n) is 35.5. The zero-order chi connectivity index (χ0) is 39.1. The Morgan fingerprint density at radius 3 is 1.45 bits per heavy atom. The van der Waals surface area contributed by atoms with Gasteiger partial charge in [-0.15, -0.1) is 0 Å². The van der Waals surface area contributed by atoms with Crippen molar-refractivity contribution in [1.29, 1.82) is 0 Å². The van der Waals surface area contributed by atoms with E-state index in [4.69, 9.17) is 18.5 Å². The number of hydrogen-bond acceptors (Lipinski definition) is 6. The van der Waals surface area contributed by atoms with Crippen LogP contribution < -0.4 is 0 Å². The van der Waals surface area contributed by atoms with E-state index >= 15 is 0 Å². The molecule has 0 aromatic heterocycles. The summed E-state index contributed by atoms with van der Waals surface area (Å²) in [6, 6.07) is 0. The summed E-state index contributed by atoms with van der Waals surface area (Å²) < 4.78 is 34.7. The normalized spacial score (nSPS) is 13.9. The lowest BCUT2D eigenvalue weighted by molar-refractivity contribution is -0.870. The third-order valence-corrected chi connectivity index (χ3v) is 10.6. The number of esters is 1. The number of phosphoric acid groups is 1. The van der Waals surface area contributed by atoms with Gasteiger partial charge in [0.25, 0.3) is 0 Å². The number of quaternary nitrogens is 1. The van der Waals surface area contributed by atoms with Crippen LogP contribution in [0.4, 0.5) is 0 Å². The predicted molar refractivity (Wildman–Crippen MR) is 224 cm³/mol. The van der Waals surface area contributed by atoms with E-state index in [0.29, 0.717) is 17.4 Å². The topological polar surface area (TPSA) is 91.3 Å². The van der Waals surface area contributed by atoms with Crippen molar-refractivity contribution in [2.75, 3.05) is 47.5 Å². The van der Waals surface area contributed by atoms with Crippen LogP contribution in [-0.4, -0.2) is 69.0 Å². The maximum absolute atomic E-state index is 12.7. The minimum atomic E-state index is -4.29. The molecule has 53 heavy (non-hydrogen) atoms. The number of unbranched alkanes of at least 4 members (excludes halogenated alkanes) is 25. The number of hydrogen-bond donors (Lipinski definition) is 1. The number of ether oxygens (including phenoxy) is 2. The van der Waals surface area contributed by atoms with E-state index in [1.165, 1.54) is 148 Å². The lowest BCUT2D eigenvalue weighted by Gasteiger charge is -2.24. The Kier molecular flexibility index (Phi) is 36.9. The molecule has 1 unspecified atom stereocenters. The third kappa shape index (κ3) is 41.8. The van der Waals surface area contributed by atoms with Gasteiger partial charge in [0.05, 0.1) is 34.0 Å². The third-order valence-electron chi connectivity index (χ3n) is 9.58. The van der Waals surface area contributed by atoms with E-state index in [1.54, 1.807) is 6.26 Å². The van der Waals surface area contributed by atoms with Crippen LogP contribution in [0.15, 0.2) is 24.5 Å². The predicted octanol–water partition coefficient (Wildman–Crippen LogP) is 13.2. The number of rotatable bonds is 41. The van der Waals surface area contributed by atoms with Crippen molar-refractivity contribution in [2.45, 2.75) is 206 Å².